The zero-order valence-corrected chi connectivity index (χ0v) is 22.3. The Bertz CT molecular complexity index is 1330. The highest BCUT2D eigenvalue weighted by atomic mass is 16.5. The Hall–Kier alpha value is -3.86. The largest absolute Gasteiger partial charge is 0.380 e. The number of rotatable bonds is 12. The molecule has 0 amide bonds. The maximum Gasteiger partial charge on any atom is 0.0645 e. The van der Waals surface area contributed by atoms with E-state index in [1.54, 1.807) is 0 Å². The summed E-state index contributed by atoms with van der Waals surface area (Å²) < 4.78 is 16.1. The minimum absolute atomic E-state index is 0.687. The molecule has 0 N–H and O–H groups in total. The lowest BCUT2D eigenvalue weighted by molar-refractivity contribution is 0.139. The van der Waals surface area contributed by atoms with Gasteiger partial charge in [-0.2, -0.15) is 0 Å². The molecule has 194 valence electrons. The van der Waals surface area contributed by atoms with E-state index in [0.717, 1.165) is 26.3 Å². The molecular formula is C34H36N2O2. The van der Waals surface area contributed by atoms with Crippen LogP contribution in [0.4, 0.5) is 0 Å². The summed E-state index contributed by atoms with van der Waals surface area (Å²) >= 11 is 0. The highest BCUT2D eigenvalue weighted by molar-refractivity contribution is 5.77. The summed E-state index contributed by atoms with van der Waals surface area (Å²) in [4.78, 5) is 0. The molecule has 2 aromatic heterocycles. The van der Waals surface area contributed by atoms with Crippen LogP contribution in [0.1, 0.15) is 13.8 Å². The van der Waals surface area contributed by atoms with Crippen LogP contribution in [0.15, 0.2) is 109 Å². The van der Waals surface area contributed by atoms with Gasteiger partial charge < -0.3 is 18.6 Å². The normalized spacial score (nSPS) is 11.2. The van der Waals surface area contributed by atoms with Gasteiger partial charge in [0.15, 0.2) is 0 Å². The van der Waals surface area contributed by atoms with Gasteiger partial charge in [0, 0.05) is 50.1 Å². The first-order chi connectivity index (χ1) is 18.8. The van der Waals surface area contributed by atoms with Crippen molar-refractivity contribution in [2.24, 2.45) is 0 Å². The van der Waals surface area contributed by atoms with E-state index in [0.29, 0.717) is 13.2 Å². The van der Waals surface area contributed by atoms with Crippen molar-refractivity contribution >= 4 is 0 Å². The van der Waals surface area contributed by atoms with Gasteiger partial charge in [-0.15, -0.1) is 0 Å². The van der Waals surface area contributed by atoms with Crippen molar-refractivity contribution in [1.82, 2.24) is 9.13 Å². The number of benzene rings is 3. The SMILES string of the molecule is CCOCCn1cc(-c2ccccc2)cc1-c1cccc(-c2cc(-c3ccccc3)cn2CCOCC)c1. The van der Waals surface area contributed by atoms with E-state index in [4.69, 9.17) is 9.47 Å². The number of hydrogen-bond acceptors (Lipinski definition) is 2. The average molecular weight is 505 g/mol. The smallest absolute Gasteiger partial charge is 0.0645 e. The zero-order chi connectivity index (χ0) is 26.2. The van der Waals surface area contributed by atoms with Crippen molar-refractivity contribution in [2.75, 3.05) is 26.4 Å². The summed E-state index contributed by atoms with van der Waals surface area (Å²) in [6, 6.07) is 34.6. The van der Waals surface area contributed by atoms with E-state index in [9.17, 15) is 0 Å². The molecule has 0 atom stereocenters. The Morgan fingerprint density at radius 2 is 0.895 bits per heavy atom. The van der Waals surface area contributed by atoms with Crippen molar-refractivity contribution in [3.8, 4) is 44.8 Å². The van der Waals surface area contributed by atoms with Gasteiger partial charge in [0.2, 0.25) is 0 Å². The third kappa shape index (κ3) is 5.99. The van der Waals surface area contributed by atoms with Crippen LogP contribution in [0.2, 0.25) is 0 Å². The van der Waals surface area contributed by atoms with E-state index in [1.165, 1.54) is 44.8 Å². The lowest BCUT2D eigenvalue weighted by Crippen LogP contribution is -2.07. The molecule has 0 aliphatic rings. The molecule has 0 spiro atoms. The standard InChI is InChI=1S/C34H36N2O2/c1-3-37-20-18-35-25-31(27-12-7-5-8-13-27)23-33(35)29-16-11-17-30(22-29)34-24-32(28-14-9-6-10-15-28)26-36(34)19-21-38-4-2/h5-17,22-26H,3-4,18-21H2,1-2H3. The van der Waals surface area contributed by atoms with E-state index in [2.05, 4.69) is 119 Å². The average Bonchev–Trinajstić information content (AvgIpc) is 3.60. The van der Waals surface area contributed by atoms with Gasteiger partial charge in [-0.25, -0.2) is 0 Å². The summed E-state index contributed by atoms with van der Waals surface area (Å²) in [5, 5.41) is 0. The molecule has 5 rings (SSSR count). The van der Waals surface area contributed by atoms with Crippen LogP contribution in [-0.4, -0.2) is 35.6 Å². The topological polar surface area (TPSA) is 28.3 Å². The Morgan fingerprint density at radius 3 is 1.32 bits per heavy atom. The van der Waals surface area contributed by atoms with Crippen LogP contribution in [-0.2, 0) is 22.6 Å². The molecule has 3 aromatic carbocycles. The van der Waals surface area contributed by atoms with Gasteiger partial charge >= 0.3 is 0 Å². The van der Waals surface area contributed by atoms with E-state index in [-0.39, 0.29) is 0 Å². The lowest BCUT2D eigenvalue weighted by atomic mass is 10.0. The molecule has 0 bridgehead atoms. The Balaban J connectivity index is 1.54. The first-order valence-corrected chi connectivity index (χ1v) is 13.5. The summed E-state index contributed by atoms with van der Waals surface area (Å²) in [5.74, 6) is 0. The Labute approximate surface area is 226 Å². The van der Waals surface area contributed by atoms with Crippen LogP contribution in [0.3, 0.4) is 0 Å². The highest BCUT2D eigenvalue weighted by Crippen LogP contribution is 2.33. The first-order valence-electron chi connectivity index (χ1n) is 13.5. The molecule has 0 fully saturated rings. The molecule has 38 heavy (non-hydrogen) atoms. The predicted molar refractivity (Wildman–Crippen MR) is 157 cm³/mol. The van der Waals surface area contributed by atoms with Gasteiger partial charge in [0.1, 0.15) is 0 Å². The molecule has 0 radical (unpaired) electrons. The maximum atomic E-state index is 5.71. The molecule has 2 heterocycles. The second-order valence-electron chi connectivity index (χ2n) is 9.32. The van der Waals surface area contributed by atoms with Crippen molar-refractivity contribution < 1.29 is 9.47 Å². The van der Waals surface area contributed by atoms with Crippen molar-refractivity contribution in [2.45, 2.75) is 26.9 Å². The fraction of sp³-hybridized carbons (Fsp3) is 0.235. The van der Waals surface area contributed by atoms with Crippen LogP contribution < -0.4 is 0 Å². The van der Waals surface area contributed by atoms with Gasteiger partial charge in [-0.05, 0) is 65.4 Å². The molecular weight excluding hydrogens is 468 g/mol. The maximum absolute atomic E-state index is 5.71. The number of aromatic nitrogens is 2. The monoisotopic (exact) mass is 504 g/mol. The molecule has 0 saturated heterocycles. The molecule has 4 nitrogen and oxygen atoms in total. The number of hydrogen-bond donors (Lipinski definition) is 0. The van der Waals surface area contributed by atoms with Crippen LogP contribution in [0.25, 0.3) is 44.8 Å². The van der Waals surface area contributed by atoms with Crippen molar-refractivity contribution in [1.29, 1.82) is 0 Å². The number of ether oxygens (including phenoxy) is 2. The molecule has 0 aliphatic carbocycles. The van der Waals surface area contributed by atoms with Crippen LogP contribution >= 0.6 is 0 Å². The summed E-state index contributed by atoms with van der Waals surface area (Å²) in [6.45, 7) is 8.52. The van der Waals surface area contributed by atoms with E-state index >= 15 is 0 Å². The third-order valence-corrected chi connectivity index (χ3v) is 6.82. The van der Waals surface area contributed by atoms with Crippen molar-refractivity contribution in [3.63, 3.8) is 0 Å². The molecule has 5 aromatic rings. The molecule has 0 saturated carbocycles. The van der Waals surface area contributed by atoms with Crippen LogP contribution in [0.5, 0.6) is 0 Å². The van der Waals surface area contributed by atoms with E-state index in [1.807, 2.05) is 13.8 Å². The fourth-order valence-corrected chi connectivity index (χ4v) is 4.91. The minimum Gasteiger partial charge on any atom is -0.380 e. The minimum atomic E-state index is 0.687. The predicted octanol–water partition coefficient (Wildman–Crippen LogP) is 8.03. The zero-order valence-electron chi connectivity index (χ0n) is 22.3. The Kier molecular flexibility index (Phi) is 8.54. The molecule has 4 heteroatoms. The summed E-state index contributed by atoms with van der Waals surface area (Å²) in [5.41, 5.74) is 9.65. The van der Waals surface area contributed by atoms with Gasteiger partial charge in [0.05, 0.1) is 13.2 Å². The quantitative estimate of drug-likeness (QED) is 0.161. The molecule has 0 unspecified atom stereocenters. The first kappa shape index (κ1) is 25.8. The second-order valence-corrected chi connectivity index (χ2v) is 9.32. The fourth-order valence-electron chi connectivity index (χ4n) is 4.91. The molecule has 0 aliphatic heterocycles. The van der Waals surface area contributed by atoms with Gasteiger partial charge in [-0.1, -0.05) is 78.9 Å². The lowest BCUT2D eigenvalue weighted by Gasteiger charge is -2.12. The Morgan fingerprint density at radius 1 is 0.474 bits per heavy atom. The third-order valence-electron chi connectivity index (χ3n) is 6.82. The summed E-state index contributed by atoms with van der Waals surface area (Å²) in [7, 11) is 0. The van der Waals surface area contributed by atoms with Gasteiger partial charge in [-0.3, -0.25) is 0 Å². The number of nitrogens with zero attached hydrogens (tertiary/aromatic N) is 2. The van der Waals surface area contributed by atoms with Crippen LogP contribution in [0, 0.1) is 0 Å². The summed E-state index contributed by atoms with van der Waals surface area (Å²) in [6.07, 6.45) is 4.49. The van der Waals surface area contributed by atoms with Gasteiger partial charge in [0.25, 0.3) is 0 Å². The van der Waals surface area contributed by atoms with E-state index < -0.39 is 0 Å². The van der Waals surface area contributed by atoms with Crippen molar-refractivity contribution in [3.05, 3.63) is 109 Å². The highest BCUT2D eigenvalue weighted by Gasteiger charge is 2.14. The second kappa shape index (κ2) is 12.6.